The number of carbonyl (C=O) groups excluding carboxylic acids is 1. The van der Waals surface area contributed by atoms with Crippen LogP contribution in [0.25, 0.3) is 0 Å². The van der Waals surface area contributed by atoms with Crippen LogP contribution >= 0.6 is 27.5 Å². The SMILES string of the molecule is Cc1ccc(Br)cc1NC(=O)CCOc1ccc(Cl)cc1. The third-order valence-electron chi connectivity index (χ3n) is 2.89. The topological polar surface area (TPSA) is 38.3 Å². The molecule has 0 heterocycles. The van der Waals surface area contributed by atoms with Gasteiger partial charge in [-0.15, -0.1) is 0 Å². The van der Waals surface area contributed by atoms with Crippen LogP contribution in [0, 0.1) is 6.92 Å². The summed E-state index contributed by atoms with van der Waals surface area (Å²) in [5.41, 5.74) is 1.83. The molecule has 2 rings (SSSR count). The Kier molecular flexibility index (Phi) is 5.65. The summed E-state index contributed by atoms with van der Waals surface area (Å²) in [5, 5.41) is 3.53. The van der Waals surface area contributed by atoms with Crippen LogP contribution in [0.3, 0.4) is 0 Å². The summed E-state index contributed by atoms with van der Waals surface area (Å²) in [4.78, 5) is 11.9. The Balaban J connectivity index is 1.82. The molecule has 0 saturated heterocycles. The Labute approximate surface area is 137 Å². The van der Waals surface area contributed by atoms with E-state index >= 15 is 0 Å². The molecule has 1 N–H and O–H groups in total. The van der Waals surface area contributed by atoms with E-state index in [1.54, 1.807) is 24.3 Å². The Morgan fingerprint density at radius 2 is 1.95 bits per heavy atom. The average molecular weight is 369 g/mol. The van der Waals surface area contributed by atoms with Gasteiger partial charge in [0.25, 0.3) is 0 Å². The first-order valence-corrected chi connectivity index (χ1v) is 7.66. The van der Waals surface area contributed by atoms with Crippen molar-refractivity contribution in [2.75, 3.05) is 11.9 Å². The number of hydrogen-bond acceptors (Lipinski definition) is 2. The van der Waals surface area contributed by atoms with Gasteiger partial charge in [0.1, 0.15) is 5.75 Å². The Morgan fingerprint density at radius 1 is 1.24 bits per heavy atom. The molecule has 0 radical (unpaired) electrons. The van der Waals surface area contributed by atoms with Crippen molar-refractivity contribution in [2.24, 2.45) is 0 Å². The van der Waals surface area contributed by atoms with Gasteiger partial charge in [0.05, 0.1) is 13.0 Å². The normalized spacial score (nSPS) is 10.2. The molecule has 0 saturated carbocycles. The lowest BCUT2D eigenvalue weighted by atomic mass is 10.2. The summed E-state index contributed by atoms with van der Waals surface area (Å²) in [6.45, 7) is 2.27. The van der Waals surface area contributed by atoms with Crippen molar-refractivity contribution in [1.82, 2.24) is 0 Å². The smallest absolute Gasteiger partial charge is 0.227 e. The Morgan fingerprint density at radius 3 is 2.67 bits per heavy atom. The molecule has 0 aliphatic rings. The minimum absolute atomic E-state index is 0.0786. The van der Waals surface area contributed by atoms with Crippen LogP contribution in [0.2, 0.25) is 5.02 Å². The quantitative estimate of drug-likeness (QED) is 0.822. The van der Waals surface area contributed by atoms with Gasteiger partial charge in [0.15, 0.2) is 0 Å². The highest BCUT2D eigenvalue weighted by atomic mass is 79.9. The van der Waals surface area contributed by atoms with Crippen LogP contribution < -0.4 is 10.1 Å². The summed E-state index contributed by atoms with van der Waals surface area (Å²) in [6, 6.07) is 12.8. The molecule has 2 aromatic rings. The molecule has 0 aliphatic carbocycles. The van der Waals surface area contributed by atoms with Gasteiger partial charge in [0, 0.05) is 15.2 Å². The second-order valence-electron chi connectivity index (χ2n) is 4.56. The minimum atomic E-state index is -0.0786. The van der Waals surface area contributed by atoms with E-state index in [4.69, 9.17) is 16.3 Å². The maximum Gasteiger partial charge on any atom is 0.227 e. The number of halogens is 2. The predicted octanol–water partition coefficient (Wildman–Crippen LogP) is 4.82. The summed E-state index contributed by atoms with van der Waals surface area (Å²) < 4.78 is 6.43. The average Bonchev–Trinajstić information content (AvgIpc) is 2.45. The van der Waals surface area contributed by atoms with Crippen molar-refractivity contribution in [1.29, 1.82) is 0 Å². The van der Waals surface area contributed by atoms with Crippen LogP contribution in [0.5, 0.6) is 5.75 Å². The second-order valence-corrected chi connectivity index (χ2v) is 5.91. The van der Waals surface area contributed by atoms with Gasteiger partial charge in [-0.05, 0) is 48.9 Å². The van der Waals surface area contributed by atoms with Crippen molar-refractivity contribution in [2.45, 2.75) is 13.3 Å². The maximum absolute atomic E-state index is 11.9. The summed E-state index contributed by atoms with van der Waals surface area (Å²) in [5.74, 6) is 0.621. The predicted molar refractivity (Wildman–Crippen MR) is 89.1 cm³/mol. The van der Waals surface area contributed by atoms with Crippen molar-refractivity contribution in [3.05, 3.63) is 57.5 Å². The molecule has 21 heavy (non-hydrogen) atoms. The van der Waals surface area contributed by atoms with Crippen molar-refractivity contribution < 1.29 is 9.53 Å². The van der Waals surface area contributed by atoms with Crippen molar-refractivity contribution in [3.63, 3.8) is 0 Å². The first-order valence-electron chi connectivity index (χ1n) is 6.49. The maximum atomic E-state index is 11.9. The van der Waals surface area contributed by atoms with E-state index in [-0.39, 0.29) is 12.3 Å². The van der Waals surface area contributed by atoms with E-state index in [2.05, 4.69) is 21.2 Å². The Hall–Kier alpha value is -1.52. The lowest BCUT2D eigenvalue weighted by Crippen LogP contribution is -2.15. The molecule has 110 valence electrons. The monoisotopic (exact) mass is 367 g/mol. The molecule has 3 nitrogen and oxygen atoms in total. The third kappa shape index (κ3) is 5.06. The molecular formula is C16H15BrClNO2. The third-order valence-corrected chi connectivity index (χ3v) is 3.63. The van der Waals surface area contributed by atoms with Gasteiger partial charge in [-0.3, -0.25) is 4.79 Å². The molecule has 5 heteroatoms. The van der Waals surface area contributed by atoms with Gasteiger partial charge in [-0.2, -0.15) is 0 Å². The molecule has 0 spiro atoms. The number of hydrogen-bond donors (Lipinski definition) is 1. The zero-order valence-electron chi connectivity index (χ0n) is 11.5. The van der Waals surface area contributed by atoms with E-state index in [1.165, 1.54) is 0 Å². The van der Waals surface area contributed by atoms with E-state index in [1.807, 2.05) is 25.1 Å². The lowest BCUT2D eigenvalue weighted by Gasteiger charge is -2.10. The van der Waals surface area contributed by atoms with E-state index in [9.17, 15) is 4.79 Å². The fourth-order valence-corrected chi connectivity index (χ4v) is 2.22. The highest BCUT2D eigenvalue weighted by molar-refractivity contribution is 9.10. The zero-order chi connectivity index (χ0) is 15.2. The summed E-state index contributed by atoms with van der Waals surface area (Å²) in [7, 11) is 0. The first kappa shape index (κ1) is 15.9. The molecular weight excluding hydrogens is 354 g/mol. The standard InChI is InChI=1S/C16H15BrClNO2/c1-11-2-3-12(17)10-15(11)19-16(20)8-9-21-14-6-4-13(18)5-7-14/h2-7,10H,8-9H2,1H3,(H,19,20). The first-order chi connectivity index (χ1) is 10.0. The molecule has 0 aliphatic heterocycles. The number of aryl methyl sites for hydroxylation is 1. The zero-order valence-corrected chi connectivity index (χ0v) is 13.9. The van der Waals surface area contributed by atoms with Crippen LogP contribution in [0.4, 0.5) is 5.69 Å². The van der Waals surface area contributed by atoms with Crippen molar-refractivity contribution in [3.8, 4) is 5.75 Å². The molecule has 0 aromatic heterocycles. The van der Waals surface area contributed by atoms with Gasteiger partial charge in [0.2, 0.25) is 5.91 Å². The fraction of sp³-hybridized carbons (Fsp3) is 0.188. The lowest BCUT2D eigenvalue weighted by molar-refractivity contribution is -0.116. The molecule has 0 bridgehead atoms. The number of ether oxygens (including phenoxy) is 1. The highest BCUT2D eigenvalue weighted by Crippen LogP contribution is 2.21. The number of anilines is 1. The van der Waals surface area contributed by atoms with E-state index in [0.29, 0.717) is 17.4 Å². The van der Waals surface area contributed by atoms with Crippen molar-refractivity contribution >= 4 is 39.1 Å². The molecule has 0 fully saturated rings. The molecule has 0 atom stereocenters. The number of benzene rings is 2. The van der Waals surface area contributed by atoms with Crippen LogP contribution in [-0.4, -0.2) is 12.5 Å². The van der Waals surface area contributed by atoms with Crippen LogP contribution in [-0.2, 0) is 4.79 Å². The largest absolute Gasteiger partial charge is 0.493 e. The number of carbonyl (C=O) groups is 1. The fourth-order valence-electron chi connectivity index (χ4n) is 1.73. The van der Waals surface area contributed by atoms with Gasteiger partial charge >= 0.3 is 0 Å². The van der Waals surface area contributed by atoms with Gasteiger partial charge in [-0.1, -0.05) is 33.6 Å². The Bertz CT molecular complexity index is 629. The summed E-state index contributed by atoms with van der Waals surface area (Å²) in [6.07, 6.45) is 0.286. The highest BCUT2D eigenvalue weighted by Gasteiger charge is 2.06. The number of amides is 1. The molecule has 2 aromatic carbocycles. The van der Waals surface area contributed by atoms with Crippen LogP contribution in [0.15, 0.2) is 46.9 Å². The van der Waals surface area contributed by atoms with Gasteiger partial charge < -0.3 is 10.1 Å². The van der Waals surface area contributed by atoms with Gasteiger partial charge in [-0.25, -0.2) is 0 Å². The number of nitrogens with one attached hydrogen (secondary N) is 1. The molecule has 1 amide bonds. The van der Waals surface area contributed by atoms with E-state index < -0.39 is 0 Å². The second kappa shape index (κ2) is 7.48. The van der Waals surface area contributed by atoms with E-state index in [0.717, 1.165) is 15.7 Å². The summed E-state index contributed by atoms with van der Waals surface area (Å²) >= 11 is 9.18. The minimum Gasteiger partial charge on any atom is -0.493 e. The molecule has 0 unspecified atom stereocenters. The van der Waals surface area contributed by atoms with Crippen LogP contribution in [0.1, 0.15) is 12.0 Å². The number of rotatable bonds is 5.